The lowest BCUT2D eigenvalue weighted by molar-refractivity contribution is -0.210. The van der Waals surface area contributed by atoms with Gasteiger partial charge in [0, 0.05) is 12.1 Å². The number of halogens is 4. The van der Waals surface area contributed by atoms with Crippen LogP contribution in [0.5, 0.6) is 5.75 Å². The van der Waals surface area contributed by atoms with Crippen LogP contribution in [-0.4, -0.2) is 30.5 Å². The largest absolute Gasteiger partial charge is 0.489 e. The Kier molecular flexibility index (Phi) is 6.78. The normalized spacial score (nSPS) is 13.3. The maximum absolute atomic E-state index is 12.2. The molecule has 0 saturated heterocycles. The maximum Gasteiger partial charge on any atom is 0.417 e. The van der Waals surface area contributed by atoms with Gasteiger partial charge in [0.05, 0.1) is 4.47 Å². The zero-order chi connectivity index (χ0) is 15.2. The summed E-state index contributed by atoms with van der Waals surface area (Å²) >= 11 is 3.24. The molecule has 0 aromatic heterocycles. The molecule has 0 aliphatic rings. The van der Waals surface area contributed by atoms with Crippen molar-refractivity contribution in [2.75, 3.05) is 13.2 Å². The number of ether oxygens (including phenoxy) is 1. The summed E-state index contributed by atoms with van der Waals surface area (Å²) in [5.74, 6) is 0.319. The number of hydrogen-bond acceptors (Lipinski definition) is 3. The molecule has 0 aliphatic heterocycles. The molecule has 1 rings (SSSR count). The van der Waals surface area contributed by atoms with Crippen LogP contribution in [0.2, 0.25) is 0 Å². The summed E-state index contributed by atoms with van der Waals surface area (Å²) in [6.07, 6.45) is -6.22. The van der Waals surface area contributed by atoms with Crippen molar-refractivity contribution in [3.8, 4) is 5.75 Å². The first kappa shape index (κ1) is 17.3. The molecule has 0 amide bonds. The fraction of sp³-hybridized carbons (Fsp3) is 0.538. The number of para-hydroxylation sites is 1. The number of aliphatic hydroxyl groups excluding tert-OH is 1. The predicted molar refractivity (Wildman–Crippen MR) is 73.7 cm³/mol. The van der Waals surface area contributed by atoms with Crippen LogP contribution >= 0.6 is 15.9 Å². The summed E-state index contributed by atoms with van der Waals surface area (Å²) in [4.78, 5) is 0. The second-order valence-electron chi connectivity index (χ2n) is 4.27. The Balaban J connectivity index is 2.72. The minimum Gasteiger partial charge on any atom is -0.489 e. The van der Waals surface area contributed by atoms with Gasteiger partial charge in [-0.15, -0.1) is 0 Å². The van der Waals surface area contributed by atoms with E-state index in [9.17, 15) is 13.2 Å². The molecule has 0 fully saturated rings. The van der Waals surface area contributed by atoms with Crippen molar-refractivity contribution in [1.82, 2.24) is 5.32 Å². The van der Waals surface area contributed by atoms with Gasteiger partial charge in [-0.1, -0.05) is 19.1 Å². The number of benzene rings is 1. The molecule has 0 bridgehead atoms. The molecule has 20 heavy (non-hydrogen) atoms. The van der Waals surface area contributed by atoms with Gasteiger partial charge in [0.2, 0.25) is 0 Å². The molecular formula is C13H17BrF3NO2. The number of hydrogen-bond donors (Lipinski definition) is 2. The second kappa shape index (κ2) is 7.85. The van der Waals surface area contributed by atoms with Crippen LogP contribution in [0, 0.1) is 0 Å². The predicted octanol–water partition coefficient (Wildman–Crippen LogP) is 3.25. The zero-order valence-corrected chi connectivity index (χ0v) is 12.6. The van der Waals surface area contributed by atoms with Gasteiger partial charge in [-0.3, -0.25) is 0 Å². The highest BCUT2D eigenvalue weighted by atomic mass is 79.9. The minimum absolute atomic E-state index is 0.319. The van der Waals surface area contributed by atoms with E-state index in [0.717, 1.165) is 18.5 Å². The number of alkyl halides is 3. The molecule has 2 N–H and O–H groups in total. The van der Waals surface area contributed by atoms with E-state index in [1.54, 1.807) is 18.2 Å². The fourth-order valence-corrected chi connectivity index (χ4v) is 2.03. The summed E-state index contributed by atoms with van der Waals surface area (Å²) in [7, 11) is 0. The molecule has 1 aromatic rings. The molecule has 1 aromatic carbocycles. The first-order chi connectivity index (χ1) is 9.36. The van der Waals surface area contributed by atoms with Gasteiger partial charge in [-0.05, 0) is 35.0 Å². The smallest absolute Gasteiger partial charge is 0.417 e. The van der Waals surface area contributed by atoms with Crippen molar-refractivity contribution in [3.63, 3.8) is 0 Å². The molecular weight excluding hydrogens is 339 g/mol. The van der Waals surface area contributed by atoms with Crippen LogP contribution in [0.4, 0.5) is 13.2 Å². The quantitative estimate of drug-likeness (QED) is 0.737. The number of aliphatic hydroxyl groups is 1. The molecule has 7 heteroatoms. The summed E-state index contributed by atoms with van der Waals surface area (Å²) in [5, 5.41) is 12.1. The molecule has 114 valence electrons. The van der Waals surface area contributed by atoms with Crippen molar-refractivity contribution < 1.29 is 23.0 Å². The van der Waals surface area contributed by atoms with E-state index in [0.29, 0.717) is 16.8 Å². The lowest BCUT2D eigenvalue weighted by Gasteiger charge is -2.18. The third-order valence-electron chi connectivity index (χ3n) is 2.55. The van der Waals surface area contributed by atoms with Crippen molar-refractivity contribution in [3.05, 3.63) is 28.2 Å². The maximum atomic E-state index is 12.2. The summed E-state index contributed by atoms with van der Waals surface area (Å²) in [5.41, 5.74) is 0.738. The van der Waals surface area contributed by atoms with E-state index in [-0.39, 0.29) is 0 Å². The first-order valence-electron chi connectivity index (χ1n) is 6.22. The Morgan fingerprint density at radius 3 is 2.70 bits per heavy atom. The molecule has 1 atom stereocenters. The zero-order valence-electron chi connectivity index (χ0n) is 11.0. The van der Waals surface area contributed by atoms with E-state index < -0.39 is 18.9 Å². The van der Waals surface area contributed by atoms with Crippen LogP contribution < -0.4 is 10.1 Å². The monoisotopic (exact) mass is 355 g/mol. The molecule has 1 unspecified atom stereocenters. The van der Waals surface area contributed by atoms with Gasteiger partial charge in [0.15, 0.2) is 6.10 Å². The van der Waals surface area contributed by atoms with Gasteiger partial charge < -0.3 is 15.2 Å². The fourth-order valence-electron chi connectivity index (χ4n) is 1.51. The van der Waals surface area contributed by atoms with Crippen molar-refractivity contribution >= 4 is 15.9 Å². The van der Waals surface area contributed by atoms with Crippen molar-refractivity contribution in [2.24, 2.45) is 0 Å². The standard InChI is InChI=1S/C13H17BrF3NO2/c1-2-6-18-7-9-4-3-5-10(14)12(9)20-8-11(19)13(15,16)17/h3-5,11,18-19H,2,6-8H2,1H3. The number of rotatable bonds is 7. The lowest BCUT2D eigenvalue weighted by atomic mass is 10.2. The highest BCUT2D eigenvalue weighted by Gasteiger charge is 2.38. The third kappa shape index (κ3) is 5.30. The molecule has 3 nitrogen and oxygen atoms in total. The average Bonchev–Trinajstić information content (AvgIpc) is 2.36. The van der Waals surface area contributed by atoms with Crippen molar-refractivity contribution in [2.45, 2.75) is 32.2 Å². The molecule has 0 saturated carbocycles. The molecule has 0 heterocycles. The topological polar surface area (TPSA) is 41.5 Å². The van der Waals surface area contributed by atoms with E-state index in [1.807, 2.05) is 6.92 Å². The average molecular weight is 356 g/mol. The Hall–Kier alpha value is -0.790. The molecule has 0 aliphatic carbocycles. The Bertz CT molecular complexity index is 427. The molecule has 0 spiro atoms. The highest BCUT2D eigenvalue weighted by molar-refractivity contribution is 9.10. The first-order valence-corrected chi connectivity index (χ1v) is 7.01. The lowest BCUT2D eigenvalue weighted by Crippen LogP contribution is -2.34. The van der Waals surface area contributed by atoms with E-state index >= 15 is 0 Å². The van der Waals surface area contributed by atoms with Crippen molar-refractivity contribution in [1.29, 1.82) is 0 Å². The minimum atomic E-state index is -4.68. The SMILES string of the molecule is CCCNCc1cccc(Br)c1OCC(O)C(F)(F)F. The summed E-state index contributed by atoms with van der Waals surface area (Å²) in [6, 6.07) is 5.22. The van der Waals surface area contributed by atoms with Gasteiger partial charge in [-0.2, -0.15) is 13.2 Å². The Morgan fingerprint density at radius 1 is 1.40 bits per heavy atom. The molecule has 0 radical (unpaired) electrons. The summed E-state index contributed by atoms with van der Waals surface area (Å²) in [6.45, 7) is 2.49. The van der Waals surface area contributed by atoms with E-state index in [1.165, 1.54) is 0 Å². The van der Waals surface area contributed by atoms with Gasteiger partial charge in [-0.25, -0.2) is 0 Å². The Morgan fingerprint density at radius 2 is 2.10 bits per heavy atom. The third-order valence-corrected chi connectivity index (χ3v) is 3.18. The van der Waals surface area contributed by atoms with E-state index in [4.69, 9.17) is 9.84 Å². The second-order valence-corrected chi connectivity index (χ2v) is 5.13. The van der Waals surface area contributed by atoms with Gasteiger partial charge in [0.1, 0.15) is 12.4 Å². The van der Waals surface area contributed by atoms with Crippen LogP contribution in [0.1, 0.15) is 18.9 Å². The van der Waals surface area contributed by atoms with Gasteiger partial charge in [0.25, 0.3) is 0 Å². The van der Waals surface area contributed by atoms with Crippen LogP contribution in [0.3, 0.4) is 0 Å². The van der Waals surface area contributed by atoms with E-state index in [2.05, 4.69) is 21.2 Å². The highest BCUT2D eigenvalue weighted by Crippen LogP contribution is 2.30. The Labute approximate surface area is 124 Å². The summed E-state index contributed by atoms with van der Waals surface area (Å²) < 4.78 is 42.4. The van der Waals surface area contributed by atoms with Crippen LogP contribution in [-0.2, 0) is 6.54 Å². The number of nitrogens with one attached hydrogen (secondary N) is 1. The van der Waals surface area contributed by atoms with Crippen LogP contribution in [0.15, 0.2) is 22.7 Å². The van der Waals surface area contributed by atoms with Crippen LogP contribution in [0.25, 0.3) is 0 Å². The van der Waals surface area contributed by atoms with Gasteiger partial charge >= 0.3 is 6.18 Å².